The van der Waals surface area contributed by atoms with Gasteiger partial charge in [-0.05, 0) is 38.1 Å². The smallest absolute Gasteiger partial charge is 0.340 e. The lowest BCUT2D eigenvalue weighted by molar-refractivity contribution is 0.0594. The van der Waals surface area contributed by atoms with Gasteiger partial charge in [0.1, 0.15) is 5.82 Å². The predicted octanol–water partition coefficient (Wildman–Crippen LogP) is 2.87. The Morgan fingerprint density at radius 3 is 2.37 bits per heavy atom. The fourth-order valence-electron chi connectivity index (χ4n) is 1.73. The molecule has 1 heterocycles. The maximum absolute atomic E-state index is 13.5. The quantitative estimate of drug-likeness (QED) is 0.799. The van der Waals surface area contributed by atoms with Crippen molar-refractivity contribution in [3.05, 3.63) is 53.1 Å². The van der Waals surface area contributed by atoms with E-state index in [2.05, 4.69) is 4.74 Å². The molecule has 0 fully saturated rings. The number of rotatable bonds is 3. The van der Waals surface area contributed by atoms with E-state index in [4.69, 9.17) is 4.84 Å². The molecule has 0 bridgehead atoms. The first kappa shape index (κ1) is 13.1. The summed E-state index contributed by atoms with van der Waals surface area (Å²) in [6, 6.07) is 7.76. The first-order valence-electron chi connectivity index (χ1n) is 5.74. The Morgan fingerprint density at radius 2 is 1.79 bits per heavy atom. The number of hydrogen-bond donors (Lipinski definition) is 0. The summed E-state index contributed by atoms with van der Waals surface area (Å²) < 4.78 is 19.6. The molecule has 1 aromatic heterocycles. The fraction of sp³-hybridized carbons (Fsp3) is 0.214. The molecular weight excluding hydrogens is 249 g/mol. The number of carbonyl (C=O) groups is 1. The number of aromatic nitrogens is 1. The SMILES string of the molecule is COC(=O)c1cc(On2c(C)ccc2C)ccc1F. The monoisotopic (exact) mass is 263 g/mol. The lowest BCUT2D eigenvalue weighted by Gasteiger charge is -2.11. The van der Waals surface area contributed by atoms with Gasteiger partial charge in [0.15, 0.2) is 5.75 Å². The topological polar surface area (TPSA) is 40.5 Å². The van der Waals surface area contributed by atoms with Crippen molar-refractivity contribution in [1.82, 2.24) is 4.73 Å². The Hall–Kier alpha value is -2.30. The molecule has 2 rings (SSSR count). The largest absolute Gasteiger partial charge is 0.465 e. The molecule has 2 aromatic rings. The highest BCUT2D eigenvalue weighted by molar-refractivity contribution is 5.90. The van der Waals surface area contributed by atoms with E-state index in [9.17, 15) is 9.18 Å². The van der Waals surface area contributed by atoms with Gasteiger partial charge in [-0.1, -0.05) is 0 Å². The molecule has 0 N–H and O–H groups in total. The molecule has 0 spiro atoms. The number of benzene rings is 1. The van der Waals surface area contributed by atoms with Gasteiger partial charge in [-0.15, -0.1) is 0 Å². The molecule has 0 amide bonds. The van der Waals surface area contributed by atoms with Crippen molar-refractivity contribution in [2.24, 2.45) is 0 Å². The number of methoxy groups -OCH3 is 1. The first-order chi connectivity index (χ1) is 9.02. The van der Waals surface area contributed by atoms with Crippen molar-refractivity contribution in [1.29, 1.82) is 0 Å². The van der Waals surface area contributed by atoms with Gasteiger partial charge in [-0.25, -0.2) is 9.18 Å². The number of nitrogens with zero attached hydrogens (tertiary/aromatic N) is 1. The van der Waals surface area contributed by atoms with Gasteiger partial charge in [-0.3, -0.25) is 0 Å². The molecule has 0 aliphatic rings. The second-order valence-electron chi connectivity index (χ2n) is 4.13. The zero-order valence-electron chi connectivity index (χ0n) is 10.9. The third kappa shape index (κ3) is 2.59. The van der Waals surface area contributed by atoms with Gasteiger partial charge >= 0.3 is 5.97 Å². The van der Waals surface area contributed by atoms with Crippen molar-refractivity contribution in [2.45, 2.75) is 13.8 Å². The maximum atomic E-state index is 13.5. The third-order valence-electron chi connectivity index (χ3n) is 2.75. The van der Waals surface area contributed by atoms with E-state index < -0.39 is 11.8 Å². The zero-order chi connectivity index (χ0) is 14.0. The molecule has 0 radical (unpaired) electrons. The summed E-state index contributed by atoms with van der Waals surface area (Å²) in [5.41, 5.74) is 1.66. The van der Waals surface area contributed by atoms with Crippen LogP contribution in [0, 0.1) is 19.7 Å². The lowest BCUT2D eigenvalue weighted by Crippen LogP contribution is -2.10. The number of halogens is 1. The normalized spacial score (nSPS) is 10.3. The van der Waals surface area contributed by atoms with Crippen molar-refractivity contribution < 1.29 is 18.8 Å². The minimum Gasteiger partial charge on any atom is -0.465 e. The molecule has 0 atom stereocenters. The Labute approximate surface area is 110 Å². The minimum absolute atomic E-state index is 0.150. The van der Waals surface area contributed by atoms with E-state index in [-0.39, 0.29) is 5.56 Å². The highest BCUT2D eigenvalue weighted by Crippen LogP contribution is 2.19. The molecule has 5 heteroatoms. The minimum atomic E-state index is -0.732. The van der Waals surface area contributed by atoms with Crippen LogP contribution in [0.25, 0.3) is 0 Å². The average molecular weight is 263 g/mol. The molecule has 100 valence electrons. The molecule has 4 nitrogen and oxygen atoms in total. The van der Waals surface area contributed by atoms with Crippen LogP contribution in [0.5, 0.6) is 5.75 Å². The van der Waals surface area contributed by atoms with E-state index in [0.717, 1.165) is 11.4 Å². The summed E-state index contributed by atoms with van der Waals surface area (Å²) >= 11 is 0. The number of ether oxygens (including phenoxy) is 1. The molecule has 0 aliphatic carbocycles. The summed E-state index contributed by atoms with van der Waals surface area (Å²) in [4.78, 5) is 17.0. The van der Waals surface area contributed by atoms with Crippen LogP contribution < -0.4 is 4.84 Å². The molecular formula is C14H14FNO3. The second kappa shape index (κ2) is 5.14. The number of carbonyl (C=O) groups excluding carboxylic acids is 1. The van der Waals surface area contributed by atoms with Gasteiger partial charge in [0.25, 0.3) is 0 Å². The molecule has 0 aliphatic heterocycles. The van der Waals surface area contributed by atoms with Crippen LogP contribution >= 0.6 is 0 Å². The average Bonchev–Trinajstić information content (AvgIpc) is 2.71. The van der Waals surface area contributed by atoms with Crippen molar-refractivity contribution in [2.75, 3.05) is 7.11 Å². The Balaban J connectivity index is 2.34. The molecule has 0 saturated carbocycles. The summed E-state index contributed by atoms with van der Waals surface area (Å²) in [5, 5.41) is 0. The van der Waals surface area contributed by atoms with Crippen LogP contribution in [0.2, 0.25) is 0 Å². The van der Waals surface area contributed by atoms with E-state index in [0.29, 0.717) is 5.75 Å². The van der Waals surface area contributed by atoms with Crippen LogP contribution in [-0.4, -0.2) is 17.8 Å². The van der Waals surface area contributed by atoms with Crippen molar-refractivity contribution in [3.63, 3.8) is 0 Å². The van der Waals surface area contributed by atoms with Gasteiger partial charge < -0.3 is 9.57 Å². The van der Waals surface area contributed by atoms with Gasteiger partial charge in [0, 0.05) is 6.07 Å². The summed E-state index contributed by atoms with van der Waals surface area (Å²) in [6.45, 7) is 3.77. The highest BCUT2D eigenvalue weighted by atomic mass is 19.1. The van der Waals surface area contributed by atoms with Crippen molar-refractivity contribution in [3.8, 4) is 5.75 Å². The van der Waals surface area contributed by atoms with Crippen LogP contribution in [0.1, 0.15) is 21.7 Å². The number of esters is 1. The Morgan fingerprint density at radius 1 is 1.16 bits per heavy atom. The summed E-state index contributed by atoms with van der Waals surface area (Å²) in [7, 11) is 1.20. The molecule has 0 unspecified atom stereocenters. The number of aryl methyl sites for hydroxylation is 2. The van der Waals surface area contributed by atoms with E-state index in [1.807, 2.05) is 26.0 Å². The van der Waals surface area contributed by atoms with Crippen LogP contribution in [0.3, 0.4) is 0 Å². The third-order valence-corrected chi connectivity index (χ3v) is 2.75. The maximum Gasteiger partial charge on any atom is 0.340 e. The fourth-order valence-corrected chi connectivity index (χ4v) is 1.73. The number of hydrogen-bond acceptors (Lipinski definition) is 3. The molecule has 0 saturated heterocycles. The predicted molar refractivity (Wildman–Crippen MR) is 67.7 cm³/mol. The van der Waals surface area contributed by atoms with Crippen LogP contribution in [-0.2, 0) is 4.74 Å². The van der Waals surface area contributed by atoms with E-state index in [1.165, 1.54) is 25.3 Å². The second-order valence-corrected chi connectivity index (χ2v) is 4.13. The van der Waals surface area contributed by atoms with Gasteiger partial charge in [-0.2, -0.15) is 4.73 Å². The van der Waals surface area contributed by atoms with E-state index in [1.54, 1.807) is 4.73 Å². The summed E-state index contributed by atoms with van der Waals surface area (Å²) in [6.07, 6.45) is 0. The van der Waals surface area contributed by atoms with Crippen LogP contribution in [0.4, 0.5) is 4.39 Å². The highest BCUT2D eigenvalue weighted by Gasteiger charge is 2.14. The zero-order valence-corrected chi connectivity index (χ0v) is 10.9. The standard InChI is InChI=1S/C14H14FNO3/c1-9-4-5-10(2)16(9)19-11-6-7-13(15)12(8-11)14(17)18-3/h4-8H,1-3H3. The summed E-state index contributed by atoms with van der Waals surface area (Å²) in [5.74, 6) is -1.01. The van der Waals surface area contributed by atoms with Crippen LogP contribution in [0.15, 0.2) is 30.3 Å². The van der Waals surface area contributed by atoms with Gasteiger partial charge in [0.05, 0.1) is 24.1 Å². The van der Waals surface area contributed by atoms with Gasteiger partial charge in [0.2, 0.25) is 0 Å². The van der Waals surface area contributed by atoms with E-state index >= 15 is 0 Å². The lowest BCUT2D eigenvalue weighted by atomic mass is 10.2. The molecule has 19 heavy (non-hydrogen) atoms. The molecule has 1 aromatic carbocycles. The Bertz CT molecular complexity index is 600. The first-order valence-corrected chi connectivity index (χ1v) is 5.74. The van der Waals surface area contributed by atoms with Crippen molar-refractivity contribution >= 4 is 5.97 Å². The Kier molecular flexibility index (Phi) is 3.55.